The van der Waals surface area contributed by atoms with Gasteiger partial charge in [0.1, 0.15) is 12.1 Å². The van der Waals surface area contributed by atoms with Gasteiger partial charge in [0.05, 0.1) is 13.2 Å². The molecule has 1 saturated heterocycles. The summed E-state index contributed by atoms with van der Waals surface area (Å²) >= 11 is 0. The number of fused-ring (bicyclic) bond motifs is 1. The summed E-state index contributed by atoms with van der Waals surface area (Å²) in [5.74, 6) is 0.277. The van der Waals surface area contributed by atoms with Crippen LogP contribution in [0.1, 0.15) is 24.5 Å². The number of carbonyl (C=O) groups excluding carboxylic acids is 3. The molecule has 2 aromatic carbocycles. The summed E-state index contributed by atoms with van der Waals surface area (Å²) in [5, 5.41) is 5.48. The second-order valence-electron chi connectivity index (χ2n) is 7.74. The predicted molar refractivity (Wildman–Crippen MR) is 113 cm³/mol. The predicted octanol–water partition coefficient (Wildman–Crippen LogP) is 1.97. The van der Waals surface area contributed by atoms with E-state index < -0.39 is 17.5 Å². The number of imide groups is 1. The maximum absolute atomic E-state index is 13.1. The van der Waals surface area contributed by atoms with Crippen LogP contribution in [0.15, 0.2) is 48.5 Å². The van der Waals surface area contributed by atoms with Gasteiger partial charge in [-0.05, 0) is 36.6 Å². The topological polar surface area (TPSA) is 97.0 Å². The normalized spacial score (nSPS) is 20.2. The third kappa shape index (κ3) is 4.33. The van der Waals surface area contributed by atoms with Crippen molar-refractivity contribution in [2.45, 2.75) is 25.3 Å². The van der Waals surface area contributed by atoms with E-state index in [-0.39, 0.29) is 12.5 Å². The maximum Gasteiger partial charge on any atom is 0.325 e. The van der Waals surface area contributed by atoms with Crippen LogP contribution in [0.2, 0.25) is 0 Å². The van der Waals surface area contributed by atoms with Crippen molar-refractivity contribution >= 4 is 17.8 Å². The lowest BCUT2D eigenvalue weighted by Crippen LogP contribution is -2.43. The van der Waals surface area contributed by atoms with Gasteiger partial charge in [-0.1, -0.05) is 36.4 Å². The zero-order chi connectivity index (χ0) is 21.8. The Kier molecular flexibility index (Phi) is 5.79. The van der Waals surface area contributed by atoms with E-state index in [0.29, 0.717) is 43.2 Å². The lowest BCUT2D eigenvalue weighted by atomic mass is 9.91. The van der Waals surface area contributed by atoms with Gasteiger partial charge in [-0.2, -0.15) is 0 Å². The number of rotatable bonds is 6. The highest BCUT2D eigenvalue weighted by atomic mass is 16.5. The van der Waals surface area contributed by atoms with Crippen molar-refractivity contribution in [1.82, 2.24) is 15.5 Å². The molecule has 2 heterocycles. The molecule has 8 nitrogen and oxygen atoms in total. The Morgan fingerprint density at radius 1 is 1.10 bits per heavy atom. The summed E-state index contributed by atoms with van der Waals surface area (Å²) in [6.45, 7) is 2.79. The smallest absolute Gasteiger partial charge is 0.325 e. The van der Waals surface area contributed by atoms with Crippen LogP contribution in [0.4, 0.5) is 4.79 Å². The molecular weight excluding hydrogens is 398 g/mol. The third-order valence-corrected chi connectivity index (χ3v) is 5.48. The molecule has 4 amide bonds. The van der Waals surface area contributed by atoms with Crippen LogP contribution in [0.5, 0.6) is 11.5 Å². The minimum atomic E-state index is -1.29. The summed E-state index contributed by atoms with van der Waals surface area (Å²) in [7, 11) is 0. The summed E-state index contributed by atoms with van der Waals surface area (Å²) < 4.78 is 11.3. The Balaban J connectivity index is 1.41. The molecule has 0 bridgehead atoms. The van der Waals surface area contributed by atoms with E-state index in [2.05, 4.69) is 10.6 Å². The minimum Gasteiger partial charge on any atom is -0.490 e. The fourth-order valence-electron chi connectivity index (χ4n) is 3.70. The number of benzene rings is 2. The largest absolute Gasteiger partial charge is 0.490 e. The van der Waals surface area contributed by atoms with Crippen LogP contribution in [-0.4, -0.2) is 49.0 Å². The van der Waals surface area contributed by atoms with Gasteiger partial charge in [0.2, 0.25) is 5.91 Å². The second-order valence-corrected chi connectivity index (χ2v) is 7.74. The van der Waals surface area contributed by atoms with Gasteiger partial charge in [-0.15, -0.1) is 0 Å². The number of nitrogens with one attached hydrogen (secondary N) is 2. The number of ether oxygens (including phenoxy) is 2. The van der Waals surface area contributed by atoms with Gasteiger partial charge in [-0.3, -0.25) is 14.5 Å². The number of amides is 4. The molecule has 0 spiro atoms. The van der Waals surface area contributed by atoms with Gasteiger partial charge in [-0.25, -0.2) is 4.79 Å². The Bertz CT molecular complexity index is 994. The second kappa shape index (κ2) is 8.67. The standard InChI is InChI=1S/C23H25N3O5/c1-23(17-8-9-18-19(14-17)31-13-5-12-30-18)21(28)26(22(29)25-23)15-20(27)24-11-10-16-6-3-2-4-7-16/h2-4,6-9,14H,5,10-13,15H2,1H3,(H,24,27)(H,25,29). The highest BCUT2D eigenvalue weighted by molar-refractivity contribution is 6.09. The number of carbonyl (C=O) groups is 3. The first-order valence-corrected chi connectivity index (χ1v) is 10.3. The summed E-state index contributed by atoms with van der Waals surface area (Å²) in [6.07, 6.45) is 1.44. The van der Waals surface area contributed by atoms with E-state index >= 15 is 0 Å². The van der Waals surface area contributed by atoms with Crippen molar-refractivity contribution < 1.29 is 23.9 Å². The molecule has 2 aliphatic rings. The van der Waals surface area contributed by atoms with E-state index in [9.17, 15) is 14.4 Å². The van der Waals surface area contributed by atoms with E-state index in [4.69, 9.17) is 9.47 Å². The molecule has 1 atom stereocenters. The summed E-state index contributed by atoms with van der Waals surface area (Å²) in [5.41, 5.74) is 0.383. The molecule has 8 heteroatoms. The van der Waals surface area contributed by atoms with Gasteiger partial charge in [0.25, 0.3) is 5.91 Å². The number of hydrogen-bond donors (Lipinski definition) is 2. The van der Waals surface area contributed by atoms with E-state index in [1.807, 2.05) is 30.3 Å². The fraction of sp³-hybridized carbons (Fsp3) is 0.348. The van der Waals surface area contributed by atoms with Crippen LogP contribution < -0.4 is 20.1 Å². The zero-order valence-electron chi connectivity index (χ0n) is 17.3. The van der Waals surface area contributed by atoms with E-state index in [1.54, 1.807) is 25.1 Å². The van der Waals surface area contributed by atoms with Crippen molar-refractivity contribution in [2.75, 3.05) is 26.3 Å². The molecule has 0 radical (unpaired) electrons. The Labute approximate surface area is 180 Å². The first kappa shape index (κ1) is 20.7. The fourth-order valence-corrected chi connectivity index (χ4v) is 3.70. The molecule has 4 rings (SSSR count). The Hall–Kier alpha value is -3.55. The van der Waals surface area contributed by atoms with Crippen molar-refractivity contribution in [3.8, 4) is 11.5 Å². The van der Waals surface area contributed by atoms with Gasteiger partial charge < -0.3 is 20.1 Å². The Morgan fingerprint density at radius 2 is 1.84 bits per heavy atom. The monoisotopic (exact) mass is 423 g/mol. The molecule has 1 fully saturated rings. The minimum absolute atomic E-state index is 0.334. The summed E-state index contributed by atoms with van der Waals surface area (Å²) in [6, 6.07) is 14.3. The molecule has 2 aliphatic heterocycles. The van der Waals surface area contributed by atoms with Crippen LogP contribution in [0.25, 0.3) is 0 Å². The van der Waals surface area contributed by atoms with Crippen LogP contribution in [-0.2, 0) is 21.5 Å². The Morgan fingerprint density at radius 3 is 2.61 bits per heavy atom. The van der Waals surface area contributed by atoms with Gasteiger partial charge in [0, 0.05) is 13.0 Å². The van der Waals surface area contributed by atoms with Gasteiger partial charge in [0.15, 0.2) is 11.5 Å². The molecule has 0 aromatic heterocycles. The van der Waals surface area contributed by atoms with Crippen LogP contribution >= 0.6 is 0 Å². The first-order chi connectivity index (χ1) is 15.0. The third-order valence-electron chi connectivity index (χ3n) is 5.48. The number of nitrogens with zero attached hydrogens (tertiary/aromatic N) is 1. The molecular formula is C23H25N3O5. The van der Waals surface area contributed by atoms with Crippen molar-refractivity contribution in [3.05, 3.63) is 59.7 Å². The van der Waals surface area contributed by atoms with Crippen LogP contribution in [0, 0.1) is 0 Å². The van der Waals surface area contributed by atoms with E-state index in [1.165, 1.54) is 0 Å². The molecule has 162 valence electrons. The quantitative estimate of drug-likeness (QED) is 0.693. The highest BCUT2D eigenvalue weighted by Gasteiger charge is 2.49. The lowest BCUT2D eigenvalue weighted by molar-refractivity contribution is -0.134. The number of hydrogen-bond acceptors (Lipinski definition) is 5. The molecule has 2 aromatic rings. The maximum atomic E-state index is 13.1. The SMILES string of the molecule is CC1(c2ccc3c(c2)OCCCO3)NC(=O)N(CC(=O)NCCc2ccccc2)C1=O. The average molecular weight is 423 g/mol. The summed E-state index contributed by atoms with van der Waals surface area (Å²) in [4.78, 5) is 38.9. The van der Waals surface area contributed by atoms with Crippen molar-refractivity contribution in [3.63, 3.8) is 0 Å². The van der Waals surface area contributed by atoms with E-state index in [0.717, 1.165) is 16.9 Å². The van der Waals surface area contributed by atoms with Crippen molar-refractivity contribution in [2.24, 2.45) is 0 Å². The first-order valence-electron chi connectivity index (χ1n) is 10.3. The van der Waals surface area contributed by atoms with Crippen LogP contribution in [0.3, 0.4) is 0 Å². The van der Waals surface area contributed by atoms with Crippen molar-refractivity contribution in [1.29, 1.82) is 0 Å². The lowest BCUT2D eigenvalue weighted by Gasteiger charge is -2.23. The average Bonchev–Trinajstić information content (AvgIpc) is 2.94. The number of urea groups is 1. The molecule has 0 aliphatic carbocycles. The highest BCUT2D eigenvalue weighted by Crippen LogP contribution is 2.36. The molecule has 1 unspecified atom stereocenters. The molecule has 2 N–H and O–H groups in total. The van der Waals surface area contributed by atoms with Gasteiger partial charge >= 0.3 is 6.03 Å². The zero-order valence-corrected chi connectivity index (χ0v) is 17.3. The molecule has 0 saturated carbocycles. The molecule has 31 heavy (non-hydrogen) atoms.